The van der Waals surface area contributed by atoms with Crippen molar-refractivity contribution in [3.63, 3.8) is 0 Å². The molecule has 0 bridgehead atoms. The number of aliphatic hydroxyl groups is 1. The zero-order chi connectivity index (χ0) is 13.1. The molecule has 2 nitrogen and oxygen atoms in total. The number of nitrogens with one attached hydrogen (secondary N) is 1. The molecule has 3 unspecified atom stereocenters. The minimum atomic E-state index is -0.251. The predicted molar refractivity (Wildman–Crippen MR) is 76.3 cm³/mol. The summed E-state index contributed by atoms with van der Waals surface area (Å²) in [5.74, 6) is 0. The van der Waals surface area contributed by atoms with Crippen LogP contribution in [0.15, 0.2) is 18.2 Å². The van der Waals surface area contributed by atoms with Crippen LogP contribution in [0.4, 0.5) is 0 Å². The highest BCUT2D eigenvalue weighted by Gasteiger charge is 2.25. The van der Waals surface area contributed by atoms with Crippen LogP contribution in [0.2, 0.25) is 10.0 Å². The van der Waals surface area contributed by atoms with Gasteiger partial charge in [0.05, 0.1) is 16.1 Å². The normalized spacial score (nSPS) is 26.0. The highest BCUT2D eigenvalue weighted by Crippen LogP contribution is 2.31. The highest BCUT2D eigenvalue weighted by molar-refractivity contribution is 6.42. The van der Waals surface area contributed by atoms with Crippen LogP contribution in [0.3, 0.4) is 0 Å². The van der Waals surface area contributed by atoms with E-state index in [1.54, 1.807) is 6.07 Å². The zero-order valence-electron chi connectivity index (χ0n) is 10.5. The maximum Gasteiger partial charge on any atom is 0.0693 e. The van der Waals surface area contributed by atoms with E-state index >= 15 is 0 Å². The van der Waals surface area contributed by atoms with Gasteiger partial charge in [0, 0.05) is 12.1 Å². The van der Waals surface area contributed by atoms with E-state index in [1.165, 1.54) is 6.42 Å². The molecule has 0 aromatic heterocycles. The molecule has 2 N–H and O–H groups in total. The summed E-state index contributed by atoms with van der Waals surface area (Å²) in [6.07, 6.45) is 3.94. The monoisotopic (exact) mass is 287 g/mol. The first-order valence-corrected chi connectivity index (χ1v) is 7.23. The van der Waals surface area contributed by atoms with Gasteiger partial charge < -0.3 is 10.4 Å². The number of halogens is 2. The molecule has 1 aliphatic carbocycles. The van der Waals surface area contributed by atoms with Crippen LogP contribution in [-0.2, 0) is 0 Å². The van der Waals surface area contributed by atoms with Gasteiger partial charge in [0.25, 0.3) is 0 Å². The summed E-state index contributed by atoms with van der Waals surface area (Å²) in [6, 6.07) is 5.91. The molecule has 0 aliphatic heterocycles. The van der Waals surface area contributed by atoms with Gasteiger partial charge in [-0.1, -0.05) is 48.2 Å². The van der Waals surface area contributed by atoms with Gasteiger partial charge in [-0.25, -0.2) is 0 Å². The molecular formula is C14H19Cl2NO. The molecule has 0 heterocycles. The molecule has 100 valence electrons. The number of hydrogen-bond acceptors (Lipinski definition) is 2. The van der Waals surface area contributed by atoms with Crippen LogP contribution < -0.4 is 5.32 Å². The summed E-state index contributed by atoms with van der Waals surface area (Å²) in [5.41, 5.74) is 0.988. The Hall–Kier alpha value is -0.280. The molecule has 1 fully saturated rings. The van der Waals surface area contributed by atoms with Gasteiger partial charge in [-0.2, -0.15) is 0 Å². The van der Waals surface area contributed by atoms with E-state index in [0.717, 1.165) is 24.8 Å². The highest BCUT2D eigenvalue weighted by atomic mass is 35.5. The zero-order valence-corrected chi connectivity index (χ0v) is 12.0. The van der Waals surface area contributed by atoms with E-state index in [1.807, 2.05) is 12.1 Å². The SMILES string of the molecule is CC(NC1CCCCC1O)c1cccc(Cl)c1Cl. The first kappa shape index (κ1) is 14.1. The molecule has 1 aromatic rings. The lowest BCUT2D eigenvalue weighted by Crippen LogP contribution is -2.43. The lowest BCUT2D eigenvalue weighted by Gasteiger charge is -2.31. The van der Waals surface area contributed by atoms with Crippen LogP contribution in [0.5, 0.6) is 0 Å². The van der Waals surface area contributed by atoms with E-state index in [0.29, 0.717) is 10.0 Å². The van der Waals surface area contributed by atoms with E-state index in [4.69, 9.17) is 23.2 Å². The molecule has 2 rings (SSSR count). The fourth-order valence-corrected chi connectivity index (χ4v) is 3.04. The smallest absolute Gasteiger partial charge is 0.0693 e. The molecule has 1 saturated carbocycles. The lowest BCUT2D eigenvalue weighted by molar-refractivity contribution is 0.0860. The standard InChI is InChI=1S/C14H19Cl2NO/c1-9(10-5-4-6-11(15)14(10)16)17-12-7-2-3-8-13(12)18/h4-6,9,12-13,17-18H,2-3,7-8H2,1H3. The Balaban J connectivity index is 2.07. The Morgan fingerprint density at radius 2 is 2.00 bits per heavy atom. The molecular weight excluding hydrogens is 269 g/mol. The number of rotatable bonds is 3. The van der Waals surface area contributed by atoms with Crippen molar-refractivity contribution in [1.29, 1.82) is 0 Å². The number of hydrogen-bond donors (Lipinski definition) is 2. The topological polar surface area (TPSA) is 32.3 Å². The van der Waals surface area contributed by atoms with E-state index in [2.05, 4.69) is 12.2 Å². The van der Waals surface area contributed by atoms with Crippen LogP contribution >= 0.6 is 23.2 Å². The summed E-state index contributed by atoms with van der Waals surface area (Å²) in [4.78, 5) is 0. The molecule has 0 spiro atoms. The quantitative estimate of drug-likeness (QED) is 0.882. The van der Waals surface area contributed by atoms with Crippen molar-refractivity contribution in [1.82, 2.24) is 5.32 Å². The maximum absolute atomic E-state index is 9.97. The van der Waals surface area contributed by atoms with Crippen molar-refractivity contribution in [3.8, 4) is 0 Å². The maximum atomic E-state index is 9.97. The third-order valence-corrected chi connectivity index (χ3v) is 4.48. The van der Waals surface area contributed by atoms with Crippen LogP contribution in [0.25, 0.3) is 0 Å². The first-order valence-electron chi connectivity index (χ1n) is 6.47. The van der Waals surface area contributed by atoms with Crippen LogP contribution in [0, 0.1) is 0 Å². The van der Waals surface area contributed by atoms with Gasteiger partial charge in [-0.15, -0.1) is 0 Å². The summed E-state index contributed by atoms with van der Waals surface area (Å²) >= 11 is 12.2. The van der Waals surface area contributed by atoms with Gasteiger partial charge in [-0.3, -0.25) is 0 Å². The lowest BCUT2D eigenvalue weighted by atomic mass is 9.91. The Morgan fingerprint density at radius 1 is 1.28 bits per heavy atom. The van der Waals surface area contributed by atoms with Crippen molar-refractivity contribution < 1.29 is 5.11 Å². The molecule has 1 aromatic carbocycles. The molecule has 0 amide bonds. The predicted octanol–water partition coefficient (Wildman–Crippen LogP) is 3.95. The summed E-state index contributed by atoms with van der Waals surface area (Å²) in [7, 11) is 0. The Bertz CT molecular complexity index is 411. The molecule has 4 heteroatoms. The largest absolute Gasteiger partial charge is 0.392 e. The van der Waals surface area contributed by atoms with E-state index < -0.39 is 0 Å². The van der Waals surface area contributed by atoms with Gasteiger partial charge in [0.15, 0.2) is 0 Å². The Labute approximate surface area is 118 Å². The first-order chi connectivity index (χ1) is 8.59. The van der Waals surface area contributed by atoms with E-state index in [-0.39, 0.29) is 18.2 Å². The van der Waals surface area contributed by atoms with Gasteiger partial charge in [-0.05, 0) is 31.4 Å². The Morgan fingerprint density at radius 3 is 2.72 bits per heavy atom. The van der Waals surface area contributed by atoms with Crippen molar-refractivity contribution in [3.05, 3.63) is 33.8 Å². The average molecular weight is 288 g/mol. The fourth-order valence-electron chi connectivity index (χ4n) is 2.57. The van der Waals surface area contributed by atoms with Gasteiger partial charge >= 0.3 is 0 Å². The summed E-state index contributed by atoms with van der Waals surface area (Å²) < 4.78 is 0. The Kier molecular flexibility index (Phi) is 4.91. The van der Waals surface area contributed by atoms with Crippen molar-refractivity contribution in [2.75, 3.05) is 0 Å². The van der Waals surface area contributed by atoms with Gasteiger partial charge in [0.1, 0.15) is 0 Å². The fraction of sp³-hybridized carbons (Fsp3) is 0.571. The van der Waals surface area contributed by atoms with Crippen LogP contribution in [0.1, 0.15) is 44.2 Å². The average Bonchev–Trinajstić information content (AvgIpc) is 2.35. The van der Waals surface area contributed by atoms with E-state index in [9.17, 15) is 5.11 Å². The third-order valence-electron chi connectivity index (χ3n) is 3.64. The van der Waals surface area contributed by atoms with Crippen molar-refractivity contribution >= 4 is 23.2 Å². The number of aliphatic hydroxyl groups excluding tert-OH is 1. The molecule has 18 heavy (non-hydrogen) atoms. The van der Waals surface area contributed by atoms with Crippen LogP contribution in [-0.4, -0.2) is 17.3 Å². The molecule has 1 aliphatic rings. The van der Waals surface area contributed by atoms with Crippen molar-refractivity contribution in [2.24, 2.45) is 0 Å². The second-order valence-electron chi connectivity index (χ2n) is 4.99. The minimum Gasteiger partial charge on any atom is -0.392 e. The molecule has 0 saturated heterocycles. The minimum absolute atomic E-state index is 0.0916. The second-order valence-corrected chi connectivity index (χ2v) is 5.77. The number of benzene rings is 1. The van der Waals surface area contributed by atoms with Gasteiger partial charge in [0.2, 0.25) is 0 Å². The van der Waals surface area contributed by atoms with Crippen molar-refractivity contribution in [2.45, 2.75) is 50.8 Å². The molecule has 3 atom stereocenters. The molecule has 0 radical (unpaired) electrons. The summed E-state index contributed by atoms with van der Waals surface area (Å²) in [6.45, 7) is 2.05. The summed E-state index contributed by atoms with van der Waals surface area (Å²) in [5, 5.41) is 14.6. The second kappa shape index (κ2) is 6.25. The third kappa shape index (κ3) is 3.18.